The highest BCUT2D eigenvalue weighted by Crippen LogP contribution is 2.23. The summed E-state index contributed by atoms with van der Waals surface area (Å²) < 4.78 is 37.2. The van der Waals surface area contributed by atoms with E-state index in [0.29, 0.717) is 19.7 Å². The molecule has 1 aromatic heterocycles. The quantitative estimate of drug-likeness (QED) is 0.818. The smallest absolute Gasteiger partial charge is 0.387 e. The zero-order valence-electron chi connectivity index (χ0n) is 12.6. The maximum Gasteiger partial charge on any atom is 0.387 e. The van der Waals surface area contributed by atoms with Crippen molar-refractivity contribution >= 4 is 0 Å². The molecule has 1 saturated heterocycles. The minimum atomic E-state index is -2.81. The third kappa shape index (κ3) is 4.49. The first-order valence-electron chi connectivity index (χ1n) is 7.55. The van der Waals surface area contributed by atoms with Gasteiger partial charge in [-0.3, -0.25) is 9.58 Å². The van der Waals surface area contributed by atoms with Crippen LogP contribution in [0.1, 0.15) is 5.56 Å². The van der Waals surface area contributed by atoms with Gasteiger partial charge < -0.3 is 9.47 Å². The molecule has 1 aromatic carbocycles. The Labute approximate surface area is 133 Å². The molecule has 23 heavy (non-hydrogen) atoms. The Balaban J connectivity index is 1.61. The van der Waals surface area contributed by atoms with Crippen molar-refractivity contribution in [3.05, 3.63) is 48.3 Å². The Morgan fingerprint density at radius 1 is 1.30 bits per heavy atom. The fourth-order valence-corrected chi connectivity index (χ4v) is 2.74. The van der Waals surface area contributed by atoms with Gasteiger partial charge >= 0.3 is 6.61 Å². The number of ether oxygens (including phenoxy) is 2. The number of aromatic nitrogens is 2. The summed E-state index contributed by atoms with van der Waals surface area (Å²) in [6, 6.07) is 8.79. The molecule has 0 radical (unpaired) electrons. The van der Waals surface area contributed by atoms with E-state index in [1.807, 2.05) is 29.1 Å². The van der Waals surface area contributed by atoms with Crippen LogP contribution in [0.5, 0.6) is 5.75 Å². The Morgan fingerprint density at radius 3 is 2.96 bits per heavy atom. The van der Waals surface area contributed by atoms with Gasteiger partial charge in [0.1, 0.15) is 5.75 Å². The lowest BCUT2D eigenvalue weighted by Crippen LogP contribution is -2.43. The molecular formula is C16H19F2N3O2. The summed E-state index contributed by atoms with van der Waals surface area (Å²) in [5.74, 6) is 0.234. The number of hydrogen-bond acceptors (Lipinski definition) is 4. The van der Waals surface area contributed by atoms with Gasteiger partial charge in [-0.05, 0) is 12.1 Å². The van der Waals surface area contributed by atoms with Crippen molar-refractivity contribution in [1.82, 2.24) is 14.7 Å². The summed E-state index contributed by atoms with van der Waals surface area (Å²) in [5.41, 5.74) is 0.757. The summed E-state index contributed by atoms with van der Waals surface area (Å²) >= 11 is 0. The maximum atomic E-state index is 12.5. The molecule has 2 aromatic rings. The molecule has 3 rings (SSSR count). The third-order valence-corrected chi connectivity index (χ3v) is 3.76. The Bertz CT molecular complexity index is 607. The second-order valence-electron chi connectivity index (χ2n) is 5.44. The van der Waals surface area contributed by atoms with Gasteiger partial charge in [0, 0.05) is 37.6 Å². The number of morpholine rings is 1. The van der Waals surface area contributed by atoms with Crippen LogP contribution >= 0.6 is 0 Å². The lowest BCUT2D eigenvalue weighted by Gasteiger charge is -2.33. The molecule has 0 saturated carbocycles. The zero-order valence-corrected chi connectivity index (χ0v) is 12.6. The summed E-state index contributed by atoms with van der Waals surface area (Å²) in [6.07, 6.45) is 3.67. The van der Waals surface area contributed by atoms with Crippen molar-refractivity contribution in [2.75, 3.05) is 19.7 Å². The highest BCUT2D eigenvalue weighted by Gasteiger charge is 2.22. The minimum absolute atomic E-state index is 0.0341. The van der Waals surface area contributed by atoms with Crippen molar-refractivity contribution < 1.29 is 18.3 Å². The molecule has 1 aliphatic heterocycles. The van der Waals surface area contributed by atoms with Crippen LogP contribution < -0.4 is 4.74 Å². The molecule has 0 unspecified atom stereocenters. The van der Waals surface area contributed by atoms with Crippen LogP contribution in [-0.4, -0.2) is 47.1 Å². The number of rotatable bonds is 6. The molecule has 0 amide bonds. The monoisotopic (exact) mass is 323 g/mol. The summed E-state index contributed by atoms with van der Waals surface area (Å²) in [6.45, 7) is 0.527. The zero-order chi connectivity index (χ0) is 16.1. The van der Waals surface area contributed by atoms with Gasteiger partial charge in [-0.1, -0.05) is 18.2 Å². The molecule has 1 aliphatic rings. The van der Waals surface area contributed by atoms with Gasteiger partial charge in [0.25, 0.3) is 0 Å². The van der Waals surface area contributed by atoms with Crippen LogP contribution in [0, 0.1) is 0 Å². The first kappa shape index (κ1) is 15.9. The molecular weight excluding hydrogens is 304 g/mol. The van der Waals surface area contributed by atoms with Crippen LogP contribution in [0.15, 0.2) is 42.7 Å². The van der Waals surface area contributed by atoms with Crippen molar-refractivity contribution in [1.29, 1.82) is 0 Å². The fourth-order valence-electron chi connectivity index (χ4n) is 2.74. The van der Waals surface area contributed by atoms with Crippen LogP contribution in [0.25, 0.3) is 0 Å². The largest absolute Gasteiger partial charge is 0.434 e. The minimum Gasteiger partial charge on any atom is -0.434 e. The van der Waals surface area contributed by atoms with Crippen molar-refractivity contribution in [3.8, 4) is 5.75 Å². The summed E-state index contributed by atoms with van der Waals surface area (Å²) in [7, 11) is 0. The van der Waals surface area contributed by atoms with Gasteiger partial charge in [0.15, 0.2) is 0 Å². The van der Waals surface area contributed by atoms with E-state index in [4.69, 9.17) is 4.74 Å². The summed E-state index contributed by atoms with van der Waals surface area (Å²) in [5, 5.41) is 4.18. The van der Waals surface area contributed by atoms with E-state index in [1.54, 1.807) is 18.3 Å². The molecule has 0 bridgehead atoms. The normalized spacial score (nSPS) is 19.2. The van der Waals surface area contributed by atoms with E-state index in [1.165, 1.54) is 0 Å². The number of hydrogen-bond donors (Lipinski definition) is 0. The van der Waals surface area contributed by atoms with Gasteiger partial charge in [-0.25, -0.2) is 0 Å². The predicted molar refractivity (Wildman–Crippen MR) is 80.3 cm³/mol. The SMILES string of the molecule is FC(F)Oc1ccccc1CN1CCO[C@@H](Cn2cccn2)C1. The first-order chi connectivity index (χ1) is 11.2. The van der Waals surface area contributed by atoms with E-state index in [-0.39, 0.29) is 11.9 Å². The number of alkyl halides is 2. The number of halogens is 2. The van der Waals surface area contributed by atoms with Gasteiger partial charge in [-0.15, -0.1) is 0 Å². The van der Waals surface area contributed by atoms with Gasteiger partial charge in [0.05, 0.1) is 19.3 Å². The maximum absolute atomic E-state index is 12.5. The molecule has 7 heteroatoms. The Hall–Kier alpha value is -1.99. The van der Waals surface area contributed by atoms with E-state index in [0.717, 1.165) is 18.7 Å². The molecule has 0 N–H and O–H groups in total. The van der Waals surface area contributed by atoms with Crippen molar-refractivity contribution in [2.24, 2.45) is 0 Å². The number of benzene rings is 1. The molecule has 1 atom stereocenters. The number of para-hydroxylation sites is 1. The predicted octanol–water partition coefficient (Wildman–Crippen LogP) is 2.39. The van der Waals surface area contributed by atoms with E-state index in [2.05, 4.69) is 14.7 Å². The van der Waals surface area contributed by atoms with E-state index in [9.17, 15) is 8.78 Å². The fraction of sp³-hybridized carbons (Fsp3) is 0.438. The Morgan fingerprint density at radius 2 is 2.17 bits per heavy atom. The molecule has 5 nitrogen and oxygen atoms in total. The highest BCUT2D eigenvalue weighted by molar-refractivity contribution is 5.33. The average Bonchev–Trinajstić information content (AvgIpc) is 3.02. The first-order valence-corrected chi connectivity index (χ1v) is 7.55. The van der Waals surface area contributed by atoms with Crippen LogP contribution in [0.3, 0.4) is 0 Å². The van der Waals surface area contributed by atoms with E-state index < -0.39 is 6.61 Å². The van der Waals surface area contributed by atoms with Crippen LogP contribution in [0.2, 0.25) is 0 Å². The molecule has 2 heterocycles. The average molecular weight is 323 g/mol. The molecule has 1 fully saturated rings. The van der Waals surface area contributed by atoms with Crippen molar-refractivity contribution in [2.45, 2.75) is 25.8 Å². The van der Waals surface area contributed by atoms with Crippen LogP contribution in [-0.2, 0) is 17.8 Å². The second kappa shape index (κ2) is 7.52. The van der Waals surface area contributed by atoms with Crippen LogP contribution in [0.4, 0.5) is 8.78 Å². The van der Waals surface area contributed by atoms with Crippen molar-refractivity contribution in [3.63, 3.8) is 0 Å². The Kier molecular flexibility index (Phi) is 5.19. The lowest BCUT2D eigenvalue weighted by atomic mass is 10.1. The third-order valence-electron chi connectivity index (χ3n) is 3.76. The molecule has 0 aliphatic carbocycles. The highest BCUT2D eigenvalue weighted by atomic mass is 19.3. The summed E-state index contributed by atoms with van der Waals surface area (Å²) in [4.78, 5) is 2.19. The van der Waals surface area contributed by atoms with E-state index >= 15 is 0 Å². The van der Waals surface area contributed by atoms with Gasteiger partial charge in [-0.2, -0.15) is 13.9 Å². The molecule has 124 valence electrons. The topological polar surface area (TPSA) is 39.5 Å². The molecule has 0 spiro atoms. The second-order valence-corrected chi connectivity index (χ2v) is 5.44. The standard InChI is InChI=1S/C16H19F2N3O2/c17-16(18)23-15-5-2-1-4-13(15)10-20-8-9-22-14(11-20)12-21-7-3-6-19-21/h1-7,14,16H,8-12H2/t14-/m1/s1. The lowest BCUT2D eigenvalue weighted by molar-refractivity contribution is -0.0536. The number of nitrogens with zero attached hydrogens (tertiary/aromatic N) is 3. The van der Waals surface area contributed by atoms with Gasteiger partial charge in [0.2, 0.25) is 0 Å².